The summed E-state index contributed by atoms with van der Waals surface area (Å²) in [6.45, 7) is 3.86. The molecule has 1 aromatic rings. The Kier molecular flexibility index (Phi) is 6.71. The average molecular weight is 363 g/mol. The van der Waals surface area contributed by atoms with Gasteiger partial charge in [0.05, 0.1) is 19.1 Å². The molecule has 1 aromatic carbocycles. The first kappa shape index (κ1) is 18.9. The van der Waals surface area contributed by atoms with E-state index in [0.717, 1.165) is 69.0 Å². The molecule has 0 saturated carbocycles. The maximum absolute atomic E-state index is 11.8. The van der Waals surface area contributed by atoms with Gasteiger partial charge in [0.15, 0.2) is 11.5 Å². The first-order chi connectivity index (χ1) is 12.7. The zero-order valence-corrected chi connectivity index (χ0v) is 15.4. The van der Waals surface area contributed by atoms with Gasteiger partial charge in [-0.3, -0.25) is 15.1 Å². The van der Waals surface area contributed by atoms with Crippen molar-refractivity contribution in [2.24, 2.45) is 11.8 Å². The van der Waals surface area contributed by atoms with Gasteiger partial charge in [0.25, 0.3) is 0 Å². The van der Waals surface area contributed by atoms with Gasteiger partial charge >= 0.3 is 0 Å². The first-order valence-corrected chi connectivity index (χ1v) is 9.33. The van der Waals surface area contributed by atoms with E-state index < -0.39 is 0 Å². The molecule has 26 heavy (non-hydrogen) atoms. The molecule has 2 aliphatic heterocycles. The number of ether oxygens (including phenoxy) is 3. The Morgan fingerprint density at radius 3 is 2.96 bits per heavy atom. The number of methoxy groups -OCH3 is 1. The minimum Gasteiger partial charge on any atom is -0.493 e. The van der Waals surface area contributed by atoms with Gasteiger partial charge < -0.3 is 14.2 Å². The third-order valence-electron chi connectivity index (χ3n) is 5.10. The van der Waals surface area contributed by atoms with E-state index in [-0.39, 0.29) is 17.9 Å². The maximum Gasteiger partial charge on any atom is 0.238 e. The van der Waals surface area contributed by atoms with Crippen LogP contribution in [0.25, 0.3) is 0 Å². The Morgan fingerprint density at radius 2 is 2.23 bits per heavy atom. The van der Waals surface area contributed by atoms with E-state index in [9.17, 15) is 4.79 Å². The van der Waals surface area contributed by atoms with Crippen LogP contribution in [0.15, 0.2) is 18.2 Å². The summed E-state index contributed by atoms with van der Waals surface area (Å²) in [6.07, 6.45) is 4.21. The lowest BCUT2D eigenvalue weighted by molar-refractivity contribution is -0.126. The Hall–Kier alpha value is -1.83. The molecule has 2 aliphatic rings. The number of likely N-dealkylation sites (tertiary alicyclic amines) is 1. The fourth-order valence-corrected chi connectivity index (χ4v) is 3.68. The van der Waals surface area contributed by atoms with Crippen molar-refractivity contribution in [1.29, 1.82) is 0 Å². The third kappa shape index (κ3) is 4.87. The SMILES string of the molecule is COc1cc(CN2CCCC(C(=O)NN)C2)ccc1OCC1CCCO1. The molecule has 2 unspecified atom stereocenters. The lowest BCUT2D eigenvalue weighted by Gasteiger charge is -2.31. The van der Waals surface area contributed by atoms with Crippen LogP contribution in [0, 0.1) is 5.92 Å². The van der Waals surface area contributed by atoms with Crippen LogP contribution in [0.3, 0.4) is 0 Å². The molecule has 1 amide bonds. The van der Waals surface area contributed by atoms with Crippen LogP contribution in [0.4, 0.5) is 0 Å². The number of rotatable bonds is 7. The summed E-state index contributed by atoms with van der Waals surface area (Å²) in [4.78, 5) is 14.1. The zero-order chi connectivity index (χ0) is 18.4. The van der Waals surface area contributed by atoms with Crippen molar-refractivity contribution >= 4 is 5.91 Å². The van der Waals surface area contributed by atoms with Gasteiger partial charge in [0.2, 0.25) is 5.91 Å². The summed E-state index contributed by atoms with van der Waals surface area (Å²) in [6, 6.07) is 6.02. The molecule has 0 aromatic heterocycles. The van der Waals surface area contributed by atoms with Crippen molar-refractivity contribution in [3.63, 3.8) is 0 Å². The number of nitrogens with one attached hydrogen (secondary N) is 1. The molecule has 2 fully saturated rings. The predicted octanol–water partition coefficient (Wildman–Crippen LogP) is 1.45. The molecule has 0 aliphatic carbocycles. The topological polar surface area (TPSA) is 86.1 Å². The molecular formula is C19H29N3O4. The highest BCUT2D eigenvalue weighted by atomic mass is 16.5. The number of nitrogens with two attached hydrogens (primary N) is 1. The molecule has 2 heterocycles. The van der Waals surface area contributed by atoms with Crippen LogP contribution in [0.2, 0.25) is 0 Å². The number of carbonyl (C=O) groups is 1. The summed E-state index contributed by atoms with van der Waals surface area (Å²) in [7, 11) is 1.65. The van der Waals surface area contributed by atoms with E-state index in [1.807, 2.05) is 12.1 Å². The van der Waals surface area contributed by atoms with Gasteiger partial charge in [-0.2, -0.15) is 0 Å². The summed E-state index contributed by atoms with van der Waals surface area (Å²) in [5, 5.41) is 0. The molecule has 0 bridgehead atoms. The second-order valence-electron chi connectivity index (χ2n) is 7.01. The van der Waals surface area contributed by atoms with Gasteiger partial charge in [0, 0.05) is 19.7 Å². The Balaban J connectivity index is 1.58. The summed E-state index contributed by atoms with van der Waals surface area (Å²) in [5.41, 5.74) is 3.41. The largest absolute Gasteiger partial charge is 0.493 e. The van der Waals surface area contributed by atoms with Gasteiger partial charge in [-0.25, -0.2) is 5.84 Å². The van der Waals surface area contributed by atoms with Crippen molar-refractivity contribution in [3.8, 4) is 11.5 Å². The number of hydrazine groups is 1. The Morgan fingerprint density at radius 1 is 1.35 bits per heavy atom. The number of amides is 1. The second kappa shape index (κ2) is 9.21. The molecule has 2 atom stereocenters. The summed E-state index contributed by atoms with van der Waals surface area (Å²) >= 11 is 0. The van der Waals surface area contributed by atoms with Crippen molar-refractivity contribution in [2.75, 3.05) is 33.4 Å². The monoisotopic (exact) mass is 363 g/mol. The Bertz CT molecular complexity index is 604. The molecule has 144 valence electrons. The quantitative estimate of drug-likeness (QED) is 0.433. The normalized spacial score (nSPS) is 23.6. The molecule has 7 heteroatoms. The molecule has 7 nitrogen and oxygen atoms in total. The van der Waals surface area contributed by atoms with Crippen molar-refractivity contribution in [1.82, 2.24) is 10.3 Å². The van der Waals surface area contributed by atoms with E-state index >= 15 is 0 Å². The fourth-order valence-electron chi connectivity index (χ4n) is 3.68. The lowest BCUT2D eigenvalue weighted by atomic mass is 9.97. The smallest absolute Gasteiger partial charge is 0.238 e. The number of hydrogen-bond donors (Lipinski definition) is 2. The van der Waals surface area contributed by atoms with Crippen LogP contribution in [0.1, 0.15) is 31.2 Å². The van der Waals surface area contributed by atoms with Gasteiger partial charge in [-0.05, 0) is 49.9 Å². The van der Waals surface area contributed by atoms with Crippen molar-refractivity contribution < 1.29 is 19.0 Å². The third-order valence-corrected chi connectivity index (χ3v) is 5.10. The van der Waals surface area contributed by atoms with Gasteiger partial charge in [-0.15, -0.1) is 0 Å². The van der Waals surface area contributed by atoms with E-state index in [2.05, 4.69) is 16.4 Å². The van der Waals surface area contributed by atoms with Crippen molar-refractivity contribution in [2.45, 2.75) is 38.3 Å². The summed E-state index contributed by atoms with van der Waals surface area (Å²) < 4.78 is 17.0. The van der Waals surface area contributed by atoms with Crippen LogP contribution in [0.5, 0.6) is 11.5 Å². The second-order valence-corrected chi connectivity index (χ2v) is 7.01. The van der Waals surface area contributed by atoms with Crippen LogP contribution in [-0.2, 0) is 16.1 Å². The summed E-state index contributed by atoms with van der Waals surface area (Å²) in [5.74, 6) is 6.63. The molecule has 0 radical (unpaired) electrons. The number of benzene rings is 1. The van der Waals surface area contributed by atoms with Crippen LogP contribution in [-0.4, -0.2) is 50.3 Å². The molecular weight excluding hydrogens is 334 g/mol. The predicted molar refractivity (Wildman–Crippen MR) is 97.8 cm³/mol. The van der Waals surface area contributed by atoms with Crippen LogP contribution >= 0.6 is 0 Å². The van der Waals surface area contributed by atoms with Crippen molar-refractivity contribution in [3.05, 3.63) is 23.8 Å². The number of hydrogen-bond acceptors (Lipinski definition) is 6. The Labute approximate surface area is 154 Å². The highest BCUT2D eigenvalue weighted by Gasteiger charge is 2.25. The standard InChI is InChI=1S/C19H29N3O4/c1-24-18-10-14(6-7-17(18)26-13-16-5-3-9-25-16)11-22-8-2-4-15(12-22)19(23)21-20/h6-7,10,15-16H,2-5,8-9,11-13,20H2,1H3,(H,21,23). The molecule has 3 rings (SSSR count). The molecule has 2 saturated heterocycles. The molecule has 3 N–H and O–H groups in total. The highest BCUT2D eigenvalue weighted by Crippen LogP contribution is 2.30. The van der Waals surface area contributed by atoms with Gasteiger partial charge in [0.1, 0.15) is 6.61 Å². The number of carbonyl (C=O) groups excluding carboxylic acids is 1. The first-order valence-electron chi connectivity index (χ1n) is 9.33. The lowest BCUT2D eigenvalue weighted by Crippen LogP contribution is -2.44. The fraction of sp³-hybridized carbons (Fsp3) is 0.632. The maximum atomic E-state index is 11.8. The van der Waals surface area contributed by atoms with E-state index in [1.54, 1.807) is 7.11 Å². The number of nitrogens with zero attached hydrogens (tertiary/aromatic N) is 1. The van der Waals surface area contributed by atoms with E-state index in [0.29, 0.717) is 6.61 Å². The number of piperidine rings is 1. The minimum atomic E-state index is -0.0786. The average Bonchev–Trinajstić information content (AvgIpc) is 3.20. The van der Waals surface area contributed by atoms with Gasteiger partial charge in [-0.1, -0.05) is 6.07 Å². The highest BCUT2D eigenvalue weighted by molar-refractivity contribution is 5.78. The zero-order valence-electron chi connectivity index (χ0n) is 15.4. The van der Waals surface area contributed by atoms with E-state index in [4.69, 9.17) is 20.1 Å². The molecule has 0 spiro atoms. The minimum absolute atomic E-state index is 0.0373. The van der Waals surface area contributed by atoms with Crippen LogP contribution < -0.4 is 20.7 Å². The van der Waals surface area contributed by atoms with E-state index in [1.165, 1.54) is 0 Å².